The number of halogens is 2. The molecule has 0 saturated heterocycles. The number of likely N-dealkylation sites (N-methyl/N-ethyl adjacent to an activating group) is 1. The minimum atomic E-state index is -0.664. The van der Waals surface area contributed by atoms with Gasteiger partial charge in [0, 0.05) is 11.6 Å². The van der Waals surface area contributed by atoms with Crippen LogP contribution in [0.4, 0.5) is 14.9 Å². The summed E-state index contributed by atoms with van der Waals surface area (Å²) in [6.45, 7) is 2.07. The Kier molecular flexibility index (Phi) is 5.38. The smallest absolute Gasteiger partial charge is 0.319 e. The first kappa shape index (κ1) is 14.2. The molecule has 0 bridgehead atoms. The highest BCUT2D eigenvalue weighted by atomic mass is 35.5. The summed E-state index contributed by atoms with van der Waals surface area (Å²) in [6, 6.07) is 3.21. The quantitative estimate of drug-likeness (QED) is 0.782. The van der Waals surface area contributed by atoms with Crippen LogP contribution in [0.1, 0.15) is 6.92 Å². The van der Waals surface area contributed by atoms with E-state index in [1.54, 1.807) is 6.92 Å². The lowest BCUT2D eigenvalue weighted by atomic mass is 10.3. The second-order valence-electron chi connectivity index (χ2n) is 3.39. The average Bonchev–Trinajstić information content (AvgIpc) is 2.31. The summed E-state index contributed by atoms with van der Waals surface area (Å²) >= 11 is 5.57. The number of anilines is 1. The molecule has 98 valence electrons. The normalized spacial score (nSPS) is 9.72. The van der Waals surface area contributed by atoms with Crippen molar-refractivity contribution in [1.82, 2.24) is 10.6 Å². The van der Waals surface area contributed by atoms with E-state index < -0.39 is 11.8 Å². The molecule has 0 aliphatic heterocycles. The summed E-state index contributed by atoms with van der Waals surface area (Å²) < 4.78 is 13.3. The van der Waals surface area contributed by atoms with Crippen molar-refractivity contribution in [3.63, 3.8) is 0 Å². The molecule has 5 nitrogen and oxygen atoms in total. The van der Waals surface area contributed by atoms with Gasteiger partial charge in [-0.15, -0.1) is 0 Å². The van der Waals surface area contributed by atoms with E-state index in [2.05, 4.69) is 16.0 Å². The first-order valence-electron chi connectivity index (χ1n) is 5.29. The van der Waals surface area contributed by atoms with Gasteiger partial charge in [0.1, 0.15) is 5.82 Å². The molecule has 0 heterocycles. The Labute approximate surface area is 109 Å². The lowest BCUT2D eigenvalue weighted by Gasteiger charge is -2.08. The van der Waals surface area contributed by atoms with Crippen LogP contribution in [0.3, 0.4) is 0 Å². The molecule has 0 fully saturated rings. The molecule has 0 aliphatic carbocycles. The first-order chi connectivity index (χ1) is 8.52. The first-order valence-corrected chi connectivity index (χ1v) is 5.67. The largest absolute Gasteiger partial charge is 0.355 e. The predicted octanol–water partition coefficient (Wildman–Crippen LogP) is 1.74. The Morgan fingerprint density at radius 2 is 2.06 bits per heavy atom. The third-order valence-electron chi connectivity index (χ3n) is 1.96. The van der Waals surface area contributed by atoms with E-state index in [0.29, 0.717) is 6.54 Å². The highest BCUT2D eigenvalue weighted by Gasteiger charge is 2.08. The van der Waals surface area contributed by atoms with Crippen molar-refractivity contribution in [1.29, 1.82) is 0 Å². The second kappa shape index (κ2) is 6.80. The van der Waals surface area contributed by atoms with Gasteiger partial charge in [-0.25, -0.2) is 9.18 Å². The Morgan fingerprint density at radius 3 is 2.67 bits per heavy atom. The summed E-state index contributed by atoms with van der Waals surface area (Å²) in [4.78, 5) is 22.4. The average molecular weight is 274 g/mol. The van der Waals surface area contributed by atoms with Crippen LogP contribution in [0.5, 0.6) is 0 Å². The number of hydrogen-bond donors (Lipinski definition) is 3. The topological polar surface area (TPSA) is 70.2 Å². The zero-order valence-electron chi connectivity index (χ0n) is 9.72. The van der Waals surface area contributed by atoms with Crippen molar-refractivity contribution in [2.75, 3.05) is 18.4 Å². The van der Waals surface area contributed by atoms with Crippen LogP contribution in [0.15, 0.2) is 18.2 Å². The van der Waals surface area contributed by atoms with Crippen molar-refractivity contribution in [3.05, 3.63) is 29.0 Å². The zero-order valence-corrected chi connectivity index (χ0v) is 10.5. The number of carbonyl (C=O) groups excluding carboxylic acids is 2. The van der Waals surface area contributed by atoms with Gasteiger partial charge in [0.2, 0.25) is 5.91 Å². The van der Waals surface area contributed by atoms with E-state index in [4.69, 9.17) is 11.6 Å². The maximum Gasteiger partial charge on any atom is 0.319 e. The third kappa shape index (κ3) is 4.58. The van der Waals surface area contributed by atoms with Gasteiger partial charge < -0.3 is 16.0 Å². The molecule has 3 amide bonds. The van der Waals surface area contributed by atoms with Gasteiger partial charge in [-0.1, -0.05) is 11.6 Å². The fourth-order valence-corrected chi connectivity index (χ4v) is 1.34. The molecule has 0 saturated carbocycles. The van der Waals surface area contributed by atoms with Gasteiger partial charge in [-0.3, -0.25) is 4.79 Å². The number of benzene rings is 1. The van der Waals surface area contributed by atoms with Gasteiger partial charge in [-0.05, 0) is 25.1 Å². The molecule has 1 aromatic carbocycles. The van der Waals surface area contributed by atoms with Gasteiger partial charge in [0.25, 0.3) is 0 Å². The number of rotatable bonds is 4. The second-order valence-corrected chi connectivity index (χ2v) is 3.82. The van der Waals surface area contributed by atoms with E-state index in [9.17, 15) is 14.0 Å². The van der Waals surface area contributed by atoms with E-state index in [0.717, 1.165) is 6.07 Å². The van der Waals surface area contributed by atoms with E-state index in [1.165, 1.54) is 12.1 Å². The lowest BCUT2D eigenvalue weighted by Crippen LogP contribution is -2.38. The number of carbonyl (C=O) groups is 2. The molecule has 0 atom stereocenters. The molecule has 0 radical (unpaired) electrons. The van der Waals surface area contributed by atoms with Crippen molar-refractivity contribution in [2.24, 2.45) is 0 Å². The molecule has 3 N–H and O–H groups in total. The van der Waals surface area contributed by atoms with Crippen LogP contribution < -0.4 is 16.0 Å². The van der Waals surface area contributed by atoms with Crippen molar-refractivity contribution in [2.45, 2.75) is 6.92 Å². The lowest BCUT2D eigenvalue weighted by molar-refractivity contribution is -0.119. The molecule has 0 spiro atoms. The Hall–Kier alpha value is -1.82. The SMILES string of the molecule is CCNC(=O)CNC(=O)Nc1ccc(Cl)cc1F. The van der Waals surface area contributed by atoms with Crippen molar-refractivity contribution >= 4 is 29.2 Å². The van der Waals surface area contributed by atoms with Crippen LogP contribution in [0.25, 0.3) is 0 Å². The van der Waals surface area contributed by atoms with Gasteiger partial charge in [-0.2, -0.15) is 0 Å². The fraction of sp³-hybridized carbons (Fsp3) is 0.273. The van der Waals surface area contributed by atoms with Crippen molar-refractivity contribution < 1.29 is 14.0 Å². The third-order valence-corrected chi connectivity index (χ3v) is 2.20. The summed E-state index contributed by atoms with van der Waals surface area (Å²) in [6.07, 6.45) is 0. The molecule has 1 aromatic rings. The summed E-state index contributed by atoms with van der Waals surface area (Å²) in [5, 5.41) is 7.31. The van der Waals surface area contributed by atoms with E-state index in [-0.39, 0.29) is 23.2 Å². The molecule has 0 aromatic heterocycles. The highest BCUT2D eigenvalue weighted by Crippen LogP contribution is 2.18. The zero-order chi connectivity index (χ0) is 13.5. The van der Waals surface area contributed by atoms with Crippen molar-refractivity contribution in [3.8, 4) is 0 Å². The van der Waals surface area contributed by atoms with Gasteiger partial charge in [0.05, 0.1) is 12.2 Å². The van der Waals surface area contributed by atoms with Gasteiger partial charge >= 0.3 is 6.03 Å². The maximum atomic E-state index is 13.3. The van der Waals surface area contributed by atoms with Crippen LogP contribution in [0, 0.1) is 5.82 Å². The number of hydrogen-bond acceptors (Lipinski definition) is 2. The Bertz CT molecular complexity index is 454. The standard InChI is InChI=1S/C11H13ClFN3O2/c1-2-14-10(17)6-15-11(18)16-9-4-3-7(12)5-8(9)13/h3-5H,2,6H2,1H3,(H,14,17)(H2,15,16,18). The fourth-order valence-electron chi connectivity index (χ4n) is 1.18. The molecule has 7 heteroatoms. The number of amides is 3. The van der Waals surface area contributed by atoms with Gasteiger partial charge in [0.15, 0.2) is 0 Å². The maximum absolute atomic E-state index is 13.3. The van der Waals surface area contributed by atoms with Crippen LogP contribution in [-0.2, 0) is 4.79 Å². The summed E-state index contributed by atoms with van der Waals surface area (Å²) in [7, 11) is 0. The number of nitrogens with one attached hydrogen (secondary N) is 3. The number of urea groups is 1. The molecule has 18 heavy (non-hydrogen) atoms. The Morgan fingerprint density at radius 1 is 1.33 bits per heavy atom. The van der Waals surface area contributed by atoms with E-state index >= 15 is 0 Å². The van der Waals surface area contributed by atoms with E-state index in [1.807, 2.05) is 0 Å². The Balaban J connectivity index is 2.47. The molecular weight excluding hydrogens is 261 g/mol. The molecular formula is C11H13ClFN3O2. The minimum Gasteiger partial charge on any atom is -0.355 e. The molecule has 1 rings (SSSR count). The molecule has 0 aliphatic rings. The summed E-state index contributed by atoms with van der Waals surface area (Å²) in [5.41, 5.74) is -0.00667. The van der Waals surface area contributed by atoms with Crippen LogP contribution >= 0.6 is 11.6 Å². The minimum absolute atomic E-state index is 0.00667. The van der Waals surface area contributed by atoms with Crippen LogP contribution in [0.2, 0.25) is 5.02 Å². The summed E-state index contributed by atoms with van der Waals surface area (Å²) in [5.74, 6) is -0.958. The monoisotopic (exact) mass is 273 g/mol. The molecule has 0 unspecified atom stereocenters. The highest BCUT2D eigenvalue weighted by molar-refractivity contribution is 6.30. The van der Waals surface area contributed by atoms with Crippen LogP contribution in [-0.4, -0.2) is 25.0 Å². The predicted molar refractivity (Wildman–Crippen MR) is 67.1 cm³/mol.